The van der Waals surface area contributed by atoms with Crippen LogP contribution in [0.4, 0.5) is 0 Å². The van der Waals surface area contributed by atoms with Gasteiger partial charge in [0.1, 0.15) is 17.2 Å². The molecule has 3 aromatic carbocycles. The minimum atomic E-state index is 0.720. The van der Waals surface area contributed by atoms with Crippen molar-refractivity contribution in [2.45, 2.75) is 329 Å². The summed E-state index contributed by atoms with van der Waals surface area (Å²) in [6.45, 7) is 9.06. The van der Waals surface area contributed by atoms with Crippen molar-refractivity contribution in [3.8, 4) is 61.8 Å². The Morgan fingerprint density at radius 1 is 0.240 bits per heavy atom. The maximum Gasteiger partial charge on any atom is 0.119 e. The molecule has 7 aromatic rings. The van der Waals surface area contributed by atoms with E-state index in [4.69, 9.17) is 24.2 Å². The summed E-state index contributed by atoms with van der Waals surface area (Å²) in [7, 11) is 0. The Morgan fingerprint density at radius 2 is 0.452 bits per heavy atom. The largest absolute Gasteiger partial charge is 0.494 e. The quantitative estimate of drug-likeness (QED) is 0.0327. The van der Waals surface area contributed by atoms with Gasteiger partial charge in [-0.3, -0.25) is 5.10 Å². The van der Waals surface area contributed by atoms with Gasteiger partial charge >= 0.3 is 0 Å². The Kier molecular flexibility index (Phi) is 38.6. The molecule has 4 aromatic heterocycles. The Bertz CT molecular complexity index is 3570. The highest BCUT2D eigenvalue weighted by atomic mass is 16.5. The third kappa shape index (κ3) is 28.6. The van der Waals surface area contributed by atoms with E-state index in [0.29, 0.717) is 0 Å². The molecule has 0 atom stereocenters. The second-order valence-corrected chi connectivity index (χ2v) is 30.5. The number of rotatable bonds is 58. The van der Waals surface area contributed by atoms with E-state index >= 15 is 0 Å². The van der Waals surface area contributed by atoms with Crippen molar-refractivity contribution < 1.29 is 14.2 Å². The number of fused-ring (bicyclic) bond motifs is 8. The van der Waals surface area contributed by atoms with Crippen LogP contribution in [0, 0.1) is 0 Å². The van der Waals surface area contributed by atoms with E-state index in [1.54, 1.807) is 0 Å². The standard InChI is InChI=1S/C95H136N6O3/c1-4-7-10-13-16-19-22-25-28-31-34-37-40-43-46-49-72-102-81-58-52-77(53-59-81)92-84-64-66-86(98-84)93(78-54-60-82(61-55-78)103-73-50-47-44-41-38-35-32-29-26-23-20-17-14-11-8-5-2)88-68-70-90(100-88)95(80-75-96-97-76-80)91-71-69-89(101-91)94(87-67-65-85(92)99-87)79-56-62-83(63-57-79)104-74-51-48-45-42-39-36-33-30-27-24-21-18-15-12-9-6-3/h52-71,75-76,98,101H,4-51,72-74H2,1-3H3,(H,96,97). The van der Waals surface area contributed by atoms with Gasteiger partial charge in [-0.15, -0.1) is 0 Å². The molecule has 2 aliphatic heterocycles. The second-order valence-electron chi connectivity index (χ2n) is 30.5. The molecule has 8 bridgehead atoms. The topological polar surface area (TPSA) is 114 Å². The van der Waals surface area contributed by atoms with Crippen LogP contribution in [-0.4, -0.2) is 50.0 Å². The van der Waals surface area contributed by atoms with Gasteiger partial charge in [-0.25, -0.2) is 9.97 Å². The lowest BCUT2D eigenvalue weighted by molar-refractivity contribution is 0.304. The molecular weight excluding hydrogens is 1270 g/mol. The van der Waals surface area contributed by atoms with E-state index in [1.807, 2.05) is 12.4 Å². The van der Waals surface area contributed by atoms with Gasteiger partial charge in [0.15, 0.2) is 0 Å². The highest BCUT2D eigenvalue weighted by Crippen LogP contribution is 2.40. The van der Waals surface area contributed by atoms with E-state index in [2.05, 4.69) is 162 Å². The number of benzene rings is 3. The Labute approximate surface area is 629 Å². The lowest BCUT2D eigenvalue weighted by Crippen LogP contribution is -1.97. The second kappa shape index (κ2) is 49.6. The van der Waals surface area contributed by atoms with Crippen LogP contribution in [0.1, 0.15) is 352 Å². The summed E-state index contributed by atoms with van der Waals surface area (Å²) < 4.78 is 19.3. The number of nitrogens with zero attached hydrogens (tertiary/aromatic N) is 3. The normalized spacial score (nSPS) is 12.0. The predicted octanol–water partition coefficient (Wildman–Crippen LogP) is 30.0. The molecule has 0 unspecified atom stereocenters. The number of aromatic nitrogens is 6. The van der Waals surface area contributed by atoms with Crippen molar-refractivity contribution in [3.05, 3.63) is 132 Å². The van der Waals surface area contributed by atoms with Crippen molar-refractivity contribution >= 4 is 46.4 Å². The van der Waals surface area contributed by atoms with Crippen LogP contribution in [0.15, 0.2) is 109 Å². The minimum Gasteiger partial charge on any atom is -0.494 e. The molecule has 0 saturated heterocycles. The summed E-state index contributed by atoms with van der Waals surface area (Å²) in [4.78, 5) is 19.0. The molecule has 564 valence electrons. The van der Waals surface area contributed by atoms with Crippen LogP contribution < -0.4 is 14.2 Å². The number of hydrogen-bond donors (Lipinski definition) is 3. The Hall–Kier alpha value is -7.13. The fourth-order valence-electron chi connectivity index (χ4n) is 15.5. The third-order valence-electron chi connectivity index (χ3n) is 21.8. The van der Waals surface area contributed by atoms with Gasteiger partial charge in [0.05, 0.1) is 48.8 Å². The number of ether oxygens (including phenoxy) is 3. The number of nitrogens with one attached hydrogen (secondary N) is 3. The van der Waals surface area contributed by atoms with Gasteiger partial charge in [-0.05, 0) is 121 Å². The summed E-state index contributed by atoms with van der Waals surface area (Å²) in [6, 6.07) is 34.7. The van der Waals surface area contributed by atoms with Gasteiger partial charge in [-0.1, -0.05) is 346 Å². The fraction of sp³-hybridized carbons (Fsp3) is 0.568. The molecular formula is C95H136N6O3. The molecule has 6 heterocycles. The monoisotopic (exact) mass is 1410 g/mol. The summed E-state index contributed by atoms with van der Waals surface area (Å²) >= 11 is 0. The summed E-state index contributed by atoms with van der Waals surface area (Å²) in [5.41, 5.74) is 15.3. The fourth-order valence-corrected chi connectivity index (χ4v) is 15.5. The SMILES string of the molecule is CCCCCCCCCCCCCCCCCCOc1ccc(-c2c3nc(c(-c4ccc(OCCCCCCCCCCCCCCCCCC)cc4)c4ccc([nH]4)c(-c4cn[nH]c4)c4nc(c(-c5ccc(OCCCCCCCCCCCCCCCCCC)cc5)c5ccc2[nH]5)C=C4)C=C3)cc1. The van der Waals surface area contributed by atoms with Crippen molar-refractivity contribution in [1.29, 1.82) is 0 Å². The first-order valence-electron chi connectivity index (χ1n) is 42.9. The molecule has 9 nitrogen and oxygen atoms in total. The zero-order valence-electron chi connectivity index (χ0n) is 65.3. The van der Waals surface area contributed by atoms with Crippen LogP contribution in [0.25, 0.3) is 90.9 Å². The van der Waals surface area contributed by atoms with Crippen LogP contribution in [0.2, 0.25) is 0 Å². The molecule has 0 saturated carbocycles. The van der Waals surface area contributed by atoms with Crippen LogP contribution in [0.5, 0.6) is 17.2 Å². The van der Waals surface area contributed by atoms with Crippen molar-refractivity contribution in [1.82, 2.24) is 30.1 Å². The van der Waals surface area contributed by atoms with Crippen molar-refractivity contribution in [2.75, 3.05) is 19.8 Å². The number of H-pyrrole nitrogens is 3. The van der Waals surface area contributed by atoms with E-state index in [9.17, 15) is 0 Å². The number of aromatic amines is 3. The first-order chi connectivity index (χ1) is 51.6. The molecule has 0 spiro atoms. The molecule has 0 radical (unpaired) electrons. The van der Waals surface area contributed by atoms with Crippen LogP contribution in [0.3, 0.4) is 0 Å². The first kappa shape index (κ1) is 81.0. The van der Waals surface area contributed by atoms with Gasteiger partial charge in [0, 0.05) is 56.1 Å². The maximum absolute atomic E-state index is 6.45. The highest BCUT2D eigenvalue weighted by Gasteiger charge is 2.20. The van der Waals surface area contributed by atoms with Gasteiger partial charge in [0.25, 0.3) is 0 Å². The highest BCUT2D eigenvalue weighted by molar-refractivity contribution is 5.99. The van der Waals surface area contributed by atoms with Crippen LogP contribution in [-0.2, 0) is 0 Å². The predicted molar refractivity (Wildman–Crippen MR) is 448 cm³/mol. The van der Waals surface area contributed by atoms with E-state index < -0.39 is 0 Å². The van der Waals surface area contributed by atoms with Gasteiger partial charge in [0.2, 0.25) is 0 Å². The lowest BCUT2D eigenvalue weighted by atomic mass is 10.0. The molecule has 0 fully saturated rings. The van der Waals surface area contributed by atoms with E-state index in [1.165, 1.54) is 289 Å². The Morgan fingerprint density at radius 3 is 0.663 bits per heavy atom. The first-order valence-corrected chi connectivity index (χ1v) is 42.9. The average Bonchev–Trinajstić information content (AvgIpc) is 1.61. The smallest absolute Gasteiger partial charge is 0.119 e. The Balaban J connectivity index is 0.893. The zero-order chi connectivity index (χ0) is 72.0. The minimum absolute atomic E-state index is 0.720. The summed E-state index contributed by atoms with van der Waals surface area (Å²) in [6.07, 6.45) is 77.6. The molecule has 9 rings (SSSR count). The van der Waals surface area contributed by atoms with E-state index in [-0.39, 0.29) is 0 Å². The molecule has 104 heavy (non-hydrogen) atoms. The van der Waals surface area contributed by atoms with Gasteiger partial charge in [-0.2, -0.15) is 5.10 Å². The average molecular weight is 1410 g/mol. The molecule has 0 aliphatic carbocycles. The number of unbranched alkanes of at least 4 members (excludes halogenated alkanes) is 45. The third-order valence-corrected chi connectivity index (χ3v) is 21.8. The molecule has 0 amide bonds. The maximum atomic E-state index is 6.45. The van der Waals surface area contributed by atoms with E-state index in [0.717, 1.165) is 146 Å². The summed E-state index contributed by atoms with van der Waals surface area (Å²) in [5.74, 6) is 2.66. The number of hydrogen-bond acceptors (Lipinski definition) is 6. The van der Waals surface area contributed by atoms with Crippen LogP contribution >= 0.6 is 0 Å². The molecule has 2 aliphatic rings. The summed E-state index contributed by atoms with van der Waals surface area (Å²) in [5, 5.41) is 7.55. The molecule has 3 N–H and O–H groups in total. The van der Waals surface area contributed by atoms with Gasteiger partial charge < -0.3 is 24.2 Å². The lowest BCUT2D eigenvalue weighted by Gasteiger charge is -2.10. The van der Waals surface area contributed by atoms with Crippen molar-refractivity contribution in [2.24, 2.45) is 0 Å². The van der Waals surface area contributed by atoms with Crippen molar-refractivity contribution in [3.63, 3.8) is 0 Å². The molecule has 9 heteroatoms. The zero-order valence-corrected chi connectivity index (χ0v) is 65.3.